The van der Waals surface area contributed by atoms with Gasteiger partial charge in [-0.1, -0.05) is 0 Å². The van der Waals surface area contributed by atoms with Crippen LogP contribution in [0, 0.1) is 12.7 Å². The van der Waals surface area contributed by atoms with E-state index in [0.717, 1.165) is 0 Å². The van der Waals surface area contributed by atoms with Gasteiger partial charge in [0.1, 0.15) is 22.8 Å². The van der Waals surface area contributed by atoms with Crippen molar-refractivity contribution in [2.45, 2.75) is 6.92 Å². The van der Waals surface area contributed by atoms with E-state index < -0.39 is 11.7 Å². The van der Waals surface area contributed by atoms with Crippen molar-refractivity contribution in [1.29, 1.82) is 0 Å². The molecule has 3 aromatic heterocycles. The van der Waals surface area contributed by atoms with E-state index in [9.17, 15) is 14.0 Å². The summed E-state index contributed by atoms with van der Waals surface area (Å²) in [7, 11) is 1.67. The van der Waals surface area contributed by atoms with Crippen LogP contribution in [0.15, 0.2) is 41.3 Å². The number of H-pyrrole nitrogens is 1. The number of nitrogens with one attached hydrogen (secondary N) is 2. The minimum atomic E-state index is -0.459. The number of carbonyl (C=O) groups is 1. The van der Waals surface area contributed by atoms with Gasteiger partial charge in [-0.05, 0) is 31.2 Å². The number of halogens is 1. The van der Waals surface area contributed by atoms with Gasteiger partial charge in [-0.25, -0.2) is 4.39 Å². The lowest BCUT2D eigenvalue weighted by atomic mass is 10.3. The maximum atomic E-state index is 12.9. The smallest absolute Gasteiger partial charge is 0.263 e. The molecule has 1 amide bonds. The highest BCUT2D eigenvalue weighted by Crippen LogP contribution is 2.16. The van der Waals surface area contributed by atoms with Gasteiger partial charge in [0, 0.05) is 13.1 Å². The third-order valence-electron chi connectivity index (χ3n) is 4.07. The number of rotatable bonds is 5. The first kappa shape index (κ1) is 18.3. The van der Waals surface area contributed by atoms with Gasteiger partial charge in [0.05, 0.1) is 11.9 Å². The molecule has 0 aliphatic heterocycles. The molecule has 0 spiro atoms. The zero-order valence-electron chi connectivity index (χ0n) is 15.5. The summed E-state index contributed by atoms with van der Waals surface area (Å²) in [5.41, 5.74) is 0.615. The number of aryl methyl sites for hydroxylation is 2. The summed E-state index contributed by atoms with van der Waals surface area (Å²) >= 11 is 0. The van der Waals surface area contributed by atoms with Gasteiger partial charge in [0.15, 0.2) is 12.3 Å². The van der Waals surface area contributed by atoms with Crippen molar-refractivity contribution in [2.24, 2.45) is 7.05 Å². The van der Waals surface area contributed by atoms with Gasteiger partial charge in [0.25, 0.3) is 11.5 Å². The van der Waals surface area contributed by atoms with E-state index in [0.29, 0.717) is 28.3 Å². The van der Waals surface area contributed by atoms with Crippen LogP contribution in [0.5, 0.6) is 5.75 Å². The number of aromatic amines is 1. The van der Waals surface area contributed by atoms with Gasteiger partial charge < -0.3 is 10.1 Å². The number of carbonyl (C=O) groups excluding carboxylic acids is 1. The van der Waals surface area contributed by atoms with Crippen molar-refractivity contribution < 1.29 is 13.9 Å². The summed E-state index contributed by atoms with van der Waals surface area (Å²) in [6.07, 6.45) is 1.43. The molecule has 11 heteroatoms. The molecular formula is C18H16FN7O3. The van der Waals surface area contributed by atoms with Crippen LogP contribution in [0.3, 0.4) is 0 Å². The van der Waals surface area contributed by atoms with E-state index in [2.05, 4.69) is 25.5 Å². The third-order valence-corrected chi connectivity index (χ3v) is 4.07. The number of hydrogen-bond donors (Lipinski definition) is 2. The average Bonchev–Trinajstić information content (AvgIpc) is 3.24. The molecule has 0 fully saturated rings. The Morgan fingerprint density at radius 3 is 2.83 bits per heavy atom. The molecule has 0 bridgehead atoms. The molecule has 10 nitrogen and oxygen atoms in total. The molecule has 4 aromatic rings. The van der Waals surface area contributed by atoms with Gasteiger partial charge in [-0.2, -0.15) is 19.9 Å². The summed E-state index contributed by atoms with van der Waals surface area (Å²) in [6.45, 7) is 1.45. The normalized spacial score (nSPS) is 11.0. The Hall–Kier alpha value is -4.02. The van der Waals surface area contributed by atoms with Crippen LogP contribution in [0.1, 0.15) is 5.69 Å². The lowest BCUT2D eigenvalue weighted by Gasteiger charge is -2.09. The molecule has 0 atom stereocenters. The van der Waals surface area contributed by atoms with Crippen molar-refractivity contribution in [2.75, 3.05) is 11.9 Å². The number of hydrogen-bond acceptors (Lipinski definition) is 6. The Bertz CT molecular complexity index is 1260. The summed E-state index contributed by atoms with van der Waals surface area (Å²) < 4.78 is 21.1. The van der Waals surface area contributed by atoms with Crippen molar-refractivity contribution in [3.05, 3.63) is 58.4 Å². The van der Waals surface area contributed by atoms with Crippen molar-refractivity contribution in [3.8, 4) is 11.7 Å². The second-order valence-electron chi connectivity index (χ2n) is 6.27. The van der Waals surface area contributed by atoms with E-state index in [-0.39, 0.29) is 18.1 Å². The zero-order chi connectivity index (χ0) is 20.5. The number of amides is 1. The predicted octanol–water partition coefficient (Wildman–Crippen LogP) is 1.31. The molecule has 2 N–H and O–H groups in total. The summed E-state index contributed by atoms with van der Waals surface area (Å²) in [6, 6.07) is 6.96. The summed E-state index contributed by atoms with van der Waals surface area (Å²) in [5, 5.41) is 11.3. The fourth-order valence-corrected chi connectivity index (χ4v) is 2.73. The highest BCUT2D eigenvalue weighted by Gasteiger charge is 2.16. The standard InChI is InChI=1S/C18H16FN7O3/c1-10-7-14(21-15(27)9-29-12-5-3-11(19)4-6-12)26(24-10)18-22-16-13(17(28)23-18)8-20-25(16)2/h3-8H,9H2,1-2H3,(H,21,27)(H,22,23,28). The first-order valence-corrected chi connectivity index (χ1v) is 8.58. The van der Waals surface area contributed by atoms with Crippen molar-refractivity contribution in [3.63, 3.8) is 0 Å². The zero-order valence-corrected chi connectivity index (χ0v) is 15.5. The minimum Gasteiger partial charge on any atom is -0.484 e. The second-order valence-corrected chi connectivity index (χ2v) is 6.27. The van der Waals surface area contributed by atoms with E-state index in [1.165, 1.54) is 39.8 Å². The largest absolute Gasteiger partial charge is 0.484 e. The molecule has 3 heterocycles. The number of aromatic nitrogens is 6. The Labute approximate surface area is 162 Å². The average molecular weight is 397 g/mol. The van der Waals surface area contributed by atoms with Crippen LogP contribution in [-0.2, 0) is 11.8 Å². The molecule has 0 saturated carbocycles. The van der Waals surface area contributed by atoms with E-state index in [4.69, 9.17) is 4.74 Å². The van der Waals surface area contributed by atoms with E-state index in [1.807, 2.05) is 0 Å². The Morgan fingerprint density at radius 1 is 1.31 bits per heavy atom. The molecule has 0 aliphatic rings. The summed E-state index contributed by atoms with van der Waals surface area (Å²) in [4.78, 5) is 31.6. The Balaban J connectivity index is 1.57. The van der Waals surface area contributed by atoms with Crippen LogP contribution in [-0.4, -0.2) is 42.0 Å². The third kappa shape index (κ3) is 3.70. The number of fused-ring (bicyclic) bond motifs is 1. The molecule has 0 unspecified atom stereocenters. The molecule has 0 aliphatic carbocycles. The SMILES string of the molecule is Cc1cc(NC(=O)COc2ccc(F)cc2)n(-c2nc3c(cnn3C)c(=O)[nH]2)n1. The van der Waals surface area contributed by atoms with Gasteiger partial charge >= 0.3 is 0 Å². The fourth-order valence-electron chi connectivity index (χ4n) is 2.73. The number of benzene rings is 1. The number of ether oxygens (including phenoxy) is 1. The van der Waals surface area contributed by atoms with Gasteiger partial charge in [-0.3, -0.25) is 19.3 Å². The molecular weight excluding hydrogens is 381 g/mol. The molecule has 0 radical (unpaired) electrons. The maximum Gasteiger partial charge on any atom is 0.263 e. The van der Waals surface area contributed by atoms with E-state index >= 15 is 0 Å². The number of nitrogens with zero attached hydrogens (tertiary/aromatic N) is 5. The monoisotopic (exact) mass is 397 g/mol. The minimum absolute atomic E-state index is 0.133. The van der Waals surface area contributed by atoms with Crippen LogP contribution >= 0.6 is 0 Å². The number of anilines is 1. The predicted molar refractivity (Wildman–Crippen MR) is 102 cm³/mol. The van der Waals surface area contributed by atoms with Crippen LogP contribution in [0.25, 0.3) is 17.0 Å². The molecule has 1 aromatic carbocycles. The van der Waals surface area contributed by atoms with Crippen molar-refractivity contribution in [1.82, 2.24) is 29.5 Å². The van der Waals surface area contributed by atoms with Crippen LogP contribution in [0.2, 0.25) is 0 Å². The first-order valence-electron chi connectivity index (χ1n) is 8.58. The van der Waals surface area contributed by atoms with Gasteiger partial charge in [0.2, 0.25) is 5.95 Å². The molecule has 0 saturated heterocycles. The summed E-state index contributed by atoms with van der Waals surface area (Å²) in [5.74, 6) is -0.0554. The molecule has 29 heavy (non-hydrogen) atoms. The van der Waals surface area contributed by atoms with Crippen molar-refractivity contribution >= 4 is 22.8 Å². The molecule has 4 rings (SSSR count). The quantitative estimate of drug-likeness (QED) is 0.524. The highest BCUT2D eigenvalue weighted by atomic mass is 19.1. The first-order chi connectivity index (χ1) is 13.9. The lowest BCUT2D eigenvalue weighted by molar-refractivity contribution is -0.118. The van der Waals surface area contributed by atoms with E-state index in [1.54, 1.807) is 20.0 Å². The lowest BCUT2D eigenvalue weighted by Crippen LogP contribution is -2.23. The maximum absolute atomic E-state index is 12.9. The topological polar surface area (TPSA) is 120 Å². The molecule has 148 valence electrons. The van der Waals surface area contributed by atoms with Crippen LogP contribution < -0.4 is 15.6 Å². The van der Waals surface area contributed by atoms with Gasteiger partial charge in [-0.15, -0.1) is 0 Å². The Morgan fingerprint density at radius 2 is 2.07 bits per heavy atom. The second kappa shape index (κ2) is 7.19. The Kier molecular flexibility index (Phi) is 4.55. The fraction of sp³-hybridized carbons (Fsp3) is 0.167. The van der Waals surface area contributed by atoms with Crippen LogP contribution in [0.4, 0.5) is 10.2 Å². The highest BCUT2D eigenvalue weighted by molar-refractivity contribution is 5.91.